The van der Waals surface area contributed by atoms with Crippen LogP contribution in [0.15, 0.2) is 0 Å². The van der Waals surface area contributed by atoms with Gasteiger partial charge in [-0.25, -0.2) is 0 Å². The second-order valence-electron chi connectivity index (χ2n) is 5.94. The molecule has 2 saturated heterocycles. The Hall–Kier alpha value is -1.54. The van der Waals surface area contributed by atoms with Gasteiger partial charge in [-0.1, -0.05) is 0 Å². The van der Waals surface area contributed by atoms with E-state index in [2.05, 4.69) is 25.2 Å². The van der Waals surface area contributed by atoms with Crippen LogP contribution in [-0.4, -0.2) is 72.8 Å². The minimum absolute atomic E-state index is 0.275. The van der Waals surface area contributed by atoms with Crippen molar-refractivity contribution >= 4 is 5.97 Å². The van der Waals surface area contributed by atoms with E-state index in [-0.39, 0.29) is 6.04 Å². The van der Waals surface area contributed by atoms with E-state index in [0.29, 0.717) is 6.04 Å². The summed E-state index contributed by atoms with van der Waals surface area (Å²) in [6.45, 7) is 3.58. The summed E-state index contributed by atoms with van der Waals surface area (Å²) in [6.07, 6.45) is 3.83. The van der Waals surface area contributed by atoms with Gasteiger partial charge in [0.1, 0.15) is 6.04 Å². The first-order valence-electron chi connectivity index (χ1n) is 7.57. The molecule has 21 heavy (non-hydrogen) atoms. The van der Waals surface area contributed by atoms with E-state index in [1.54, 1.807) is 7.05 Å². The highest BCUT2D eigenvalue weighted by Gasteiger charge is 2.36. The van der Waals surface area contributed by atoms with Gasteiger partial charge in [0, 0.05) is 19.1 Å². The SMILES string of the molecule is Cn1nnc(CN2CCC(N3CCCC3C(=O)O)CC2)n1. The molecule has 2 aliphatic heterocycles. The quantitative estimate of drug-likeness (QED) is 0.817. The van der Waals surface area contributed by atoms with Crippen LogP contribution in [0.25, 0.3) is 0 Å². The molecular weight excluding hydrogens is 272 g/mol. The molecule has 0 amide bonds. The van der Waals surface area contributed by atoms with Gasteiger partial charge in [0.2, 0.25) is 0 Å². The van der Waals surface area contributed by atoms with E-state index in [1.165, 1.54) is 4.80 Å². The molecule has 8 nitrogen and oxygen atoms in total. The molecule has 0 saturated carbocycles. The number of likely N-dealkylation sites (tertiary alicyclic amines) is 2. The molecule has 1 atom stereocenters. The number of hydrogen-bond donors (Lipinski definition) is 1. The Labute approximate surface area is 123 Å². The van der Waals surface area contributed by atoms with Gasteiger partial charge in [0.25, 0.3) is 0 Å². The van der Waals surface area contributed by atoms with Crippen LogP contribution in [0.3, 0.4) is 0 Å². The fourth-order valence-electron chi connectivity index (χ4n) is 3.49. The molecule has 0 bridgehead atoms. The maximum Gasteiger partial charge on any atom is 0.320 e. The topological polar surface area (TPSA) is 87.4 Å². The van der Waals surface area contributed by atoms with Crippen molar-refractivity contribution in [2.75, 3.05) is 19.6 Å². The van der Waals surface area contributed by atoms with Crippen LogP contribution in [-0.2, 0) is 18.4 Å². The number of hydrogen-bond acceptors (Lipinski definition) is 6. The van der Waals surface area contributed by atoms with Crippen LogP contribution in [0.2, 0.25) is 0 Å². The van der Waals surface area contributed by atoms with Crippen LogP contribution >= 0.6 is 0 Å². The number of aromatic nitrogens is 4. The summed E-state index contributed by atoms with van der Waals surface area (Å²) >= 11 is 0. The summed E-state index contributed by atoms with van der Waals surface area (Å²) in [7, 11) is 1.77. The summed E-state index contributed by atoms with van der Waals surface area (Å²) in [5, 5.41) is 21.3. The van der Waals surface area contributed by atoms with Crippen molar-refractivity contribution in [3.63, 3.8) is 0 Å². The highest BCUT2D eigenvalue weighted by atomic mass is 16.4. The zero-order valence-electron chi connectivity index (χ0n) is 12.4. The third kappa shape index (κ3) is 3.21. The van der Waals surface area contributed by atoms with E-state index in [1.807, 2.05) is 0 Å². The standard InChI is InChI=1S/C13H22N6O2/c1-17-15-12(14-16-17)9-18-7-4-10(5-8-18)19-6-2-3-11(19)13(20)21/h10-11H,2-9H2,1H3,(H,20,21). The summed E-state index contributed by atoms with van der Waals surface area (Å²) in [6, 6.07) is 0.128. The summed E-state index contributed by atoms with van der Waals surface area (Å²) in [4.78, 5) is 17.3. The zero-order valence-corrected chi connectivity index (χ0v) is 12.4. The van der Waals surface area contributed by atoms with Crippen molar-refractivity contribution in [1.82, 2.24) is 30.0 Å². The van der Waals surface area contributed by atoms with Crippen molar-refractivity contribution in [3.05, 3.63) is 5.82 Å². The fraction of sp³-hybridized carbons (Fsp3) is 0.846. The molecule has 0 spiro atoms. The van der Waals surface area contributed by atoms with E-state index in [4.69, 9.17) is 0 Å². The van der Waals surface area contributed by atoms with Gasteiger partial charge in [-0.05, 0) is 37.4 Å². The lowest BCUT2D eigenvalue weighted by atomic mass is 10.0. The van der Waals surface area contributed by atoms with Crippen molar-refractivity contribution in [2.24, 2.45) is 7.05 Å². The Kier molecular flexibility index (Phi) is 4.16. The van der Waals surface area contributed by atoms with Crippen LogP contribution in [0.5, 0.6) is 0 Å². The number of rotatable bonds is 4. The van der Waals surface area contributed by atoms with Crippen LogP contribution in [0, 0.1) is 0 Å². The van der Waals surface area contributed by atoms with E-state index in [0.717, 1.165) is 57.7 Å². The Morgan fingerprint density at radius 1 is 1.29 bits per heavy atom. The fourth-order valence-corrected chi connectivity index (χ4v) is 3.49. The average Bonchev–Trinajstić information content (AvgIpc) is 3.09. The number of nitrogens with zero attached hydrogens (tertiary/aromatic N) is 6. The molecule has 3 rings (SSSR count). The molecule has 1 aromatic rings. The Bertz CT molecular complexity index is 497. The first-order valence-corrected chi connectivity index (χ1v) is 7.57. The second-order valence-corrected chi connectivity index (χ2v) is 5.94. The van der Waals surface area contributed by atoms with E-state index < -0.39 is 5.97 Å². The molecule has 0 aliphatic carbocycles. The van der Waals surface area contributed by atoms with Gasteiger partial charge in [0.05, 0.1) is 13.6 Å². The third-order valence-electron chi connectivity index (χ3n) is 4.52. The Morgan fingerprint density at radius 2 is 2.05 bits per heavy atom. The second kappa shape index (κ2) is 6.07. The minimum Gasteiger partial charge on any atom is -0.480 e. The lowest BCUT2D eigenvalue weighted by molar-refractivity contribution is -0.143. The Balaban J connectivity index is 1.52. The number of aryl methyl sites for hydroxylation is 1. The lowest BCUT2D eigenvalue weighted by Gasteiger charge is -2.37. The number of piperidine rings is 1. The molecule has 1 N–H and O–H groups in total. The van der Waals surface area contributed by atoms with Gasteiger partial charge in [-0.2, -0.15) is 4.80 Å². The van der Waals surface area contributed by atoms with E-state index >= 15 is 0 Å². The smallest absolute Gasteiger partial charge is 0.320 e. The van der Waals surface area contributed by atoms with Gasteiger partial charge >= 0.3 is 5.97 Å². The molecular formula is C13H22N6O2. The van der Waals surface area contributed by atoms with Gasteiger partial charge < -0.3 is 5.11 Å². The normalized spacial score (nSPS) is 25.5. The number of carbonyl (C=O) groups is 1. The molecule has 0 radical (unpaired) electrons. The van der Waals surface area contributed by atoms with Gasteiger partial charge in [-0.15, -0.1) is 10.2 Å². The van der Waals surface area contributed by atoms with Crippen LogP contribution in [0.1, 0.15) is 31.5 Å². The number of carboxylic acids is 1. The van der Waals surface area contributed by atoms with Gasteiger partial charge in [0.15, 0.2) is 5.82 Å². The van der Waals surface area contributed by atoms with Crippen LogP contribution in [0.4, 0.5) is 0 Å². The predicted octanol–water partition coefficient (Wildman–Crippen LogP) is -0.276. The van der Waals surface area contributed by atoms with Crippen molar-refractivity contribution in [1.29, 1.82) is 0 Å². The van der Waals surface area contributed by atoms with Gasteiger partial charge in [-0.3, -0.25) is 14.6 Å². The number of aliphatic carboxylic acids is 1. The molecule has 0 aromatic carbocycles. The zero-order chi connectivity index (χ0) is 14.8. The molecule has 1 unspecified atom stereocenters. The number of carboxylic acid groups (broad SMARTS) is 1. The molecule has 2 aliphatic rings. The highest BCUT2D eigenvalue weighted by molar-refractivity contribution is 5.73. The average molecular weight is 294 g/mol. The summed E-state index contributed by atoms with van der Waals surface area (Å²) < 4.78 is 0. The van der Waals surface area contributed by atoms with Crippen LogP contribution < -0.4 is 0 Å². The monoisotopic (exact) mass is 294 g/mol. The summed E-state index contributed by atoms with van der Waals surface area (Å²) in [5.74, 6) is 0.0826. The van der Waals surface area contributed by atoms with Crippen molar-refractivity contribution < 1.29 is 9.90 Å². The van der Waals surface area contributed by atoms with Crippen molar-refractivity contribution in [2.45, 2.75) is 44.3 Å². The van der Waals surface area contributed by atoms with Crippen molar-refractivity contribution in [3.8, 4) is 0 Å². The number of tetrazole rings is 1. The predicted molar refractivity (Wildman–Crippen MR) is 74.5 cm³/mol. The Morgan fingerprint density at radius 3 is 2.67 bits per heavy atom. The highest BCUT2D eigenvalue weighted by Crippen LogP contribution is 2.26. The summed E-state index contributed by atoms with van der Waals surface area (Å²) in [5.41, 5.74) is 0. The largest absolute Gasteiger partial charge is 0.480 e. The minimum atomic E-state index is -0.668. The molecule has 2 fully saturated rings. The first-order chi connectivity index (χ1) is 10.1. The lowest BCUT2D eigenvalue weighted by Crippen LogP contribution is -2.48. The molecule has 8 heteroatoms. The molecule has 116 valence electrons. The maximum atomic E-state index is 11.3. The maximum absolute atomic E-state index is 11.3. The van der Waals surface area contributed by atoms with E-state index in [9.17, 15) is 9.90 Å². The molecule has 3 heterocycles. The first kappa shape index (κ1) is 14.4. The third-order valence-corrected chi connectivity index (χ3v) is 4.52. The molecule has 1 aromatic heterocycles.